The van der Waals surface area contributed by atoms with Gasteiger partial charge in [-0.1, -0.05) is 19.8 Å². The highest BCUT2D eigenvalue weighted by Gasteiger charge is 2.16. The monoisotopic (exact) mass is 299 g/mol. The van der Waals surface area contributed by atoms with Crippen molar-refractivity contribution < 1.29 is 4.74 Å². The average Bonchev–Trinajstić information content (AvgIpc) is 2.45. The summed E-state index contributed by atoms with van der Waals surface area (Å²) in [6, 6.07) is 0.325. The smallest absolute Gasteiger partial charge is 0.231 e. The van der Waals surface area contributed by atoms with Crippen molar-refractivity contribution in [3.63, 3.8) is 0 Å². The molecular formula is C13H22ClN5O. The highest BCUT2D eigenvalue weighted by molar-refractivity contribution is 6.28. The third kappa shape index (κ3) is 4.45. The van der Waals surface area contributed by atoms with Crippen LogP contribution in [0, 0.1) is 0 Å². The topological polar surface area (TPSA) is 63.2 Å². The fraction of sp³-hybridized carbons (Fsp3) is 0.769. The Hall–Kier alpha value is -1.14. The van der Waals surface area contributed by atoms with Crippen LogP contribution < -0.4 is 10.2 Å². The van der Waals surface area contributed by atoms with E-state index in [1.165, 1.54) is 12.8 Å². The lowest BCUT2D eigenvalue weighted by atomic mass is 10.1. The normalized spacial score (nSPS) is 17.1. The maximum Gasteiger partial charge on any atom is 0.231 e. The molecule has 7 heteroatoms. The summed E-state index contributed by atoms with van der Waals surface area (Å²) >= 11 is 6.00. The summed E-state index contributed by atoms with van der Waals surface area (Å²) in [5.41, 5.74) is 0. The van der Waals surface area contributed by atoms with Gasteiger partial charge in [-0.2, -0.15) is 15.0 Å². The highest BCUT2D eigenvalue weighted by atomic mass is 35.5. The molecule has 1 aliphatic rings. The van der Waals surface area contributed by atoms with Gasteiger partial charge in [0.25, 0.3) is 0 Å². The standard InChI is InChI=1S/C13H22ClN5O/c1-3-4-5-10(2)15-12-16-11(14)17-13(18-12)19-6-8-20-9-7-19/h10H,3-9H2,1-2H3,(H,15,16,17,18). The molecule has 1 atom stereocenters. The Morgan fingerprint density at radius 3 is 2.75 bits per heavy atom. The van der Waals surface area contributed by atoms with Crippen molar-refractivity contribution in [3.05, 3.63) is 5.28 Å². The van der Waals surface area contributed by atoms with Crippen molar-refractivity contribution in [1.82, 2.24) is 15.0 Å². The lowest BCUT2D eigenvalue weighted by Crippen LogP contribution is -2.37. The van der Waals surface area contributed by atoms with E-state index in [4.69, 9.17) is 16.3 Å². The third-order valence-electron chi connectivity index (χ3n) is 3.26. The van der Waals surface area contributed by atoms with Gasteiger partial charge in [0.2, 0.25) is 17.2 Å². The van der Waals surface area contributed by atoms with Gasteiger partial charge in [0.15, 0.2) is 0 Å². The van der Waals surface area contributed by atoms with E-state index in [2.05, 4.69) is 39.0 Å². The van der Waals surface area contributed by atoms with Crippen LogP contribution in [0.1, 0.15) is 33.1 Å². The second-order valence-corrected chi connectivity index (χ2v) is 5.35. The Morgan fingerprint density at radius 1 is 1.30 bits per heavy atom. The van der Waals surface area contributed by atoms with Crippen LogP contribution in [0.25, 0.3) is 0 Å². The van der Waals surface area contributed by atoms with Crippen LogP contribution in [-0.4, -0.2) is 47.3 Å². The predicted octanol–water partition coefficient (Wildman–Crippen LogP) is 2.35. The molecule has 0 bridgehead atoms. The minimum atomic E-state index is 0.228. The first kappa shape index (κ1) is 15.3. The van der Waals surface area contributed by atoms with Gasteiger partial charge >= 0.3 is 0 Å². The molecule has 1 N–H and O–H groups in total. The first-order valence-corrected chi connectivity index (χ1v) is 7.57. The zero-order valence-electron chi connectivity index (χ0n) is 12.1. The number of ether oxygens (including phenoxy) is 1. The molecule has 112 valence electrons. The van der Waals surface area contributed by atoms with Crippen molar-refractivity contribution >= 4 is 23.5 Å². The summed E-state index contributed by atoms with van der Waals surface area (Å²) in [7, 11) is 0. The number of hydrogen-bond acceptors (Lipinski definition) is 6. The predicted molar refractivity (Wildman–Crippen MR) is 80.5 cm³/mol. The molecule has 1 aromatic rings. The van der Waals surface area contributed by atoms with Gasteiger partial charge in [-0.05, 0) is 24.9 Å². The number of nitrogens with zero attached hydrogens (tertiary/aromatic N) is 4. The summed E-state index contributed by atoms with van der Waals surface area (Å²) < 4.78 is 5.33. The molecule has 1 unspecified atom stereocenters. The Kier molecular flexibility index (Phi) is 5.79. The van der Waals surface area contributed by atoms with Crippen LogP contribution >= 0.6 is 11.6 Å². The van der Waals surface area contributed by atoms with E-state index in [-0.39, 0.29) is 5.28 Å². The Labute approximate surface area is 124 Å². The molecule has 6 nitrogen and oxygen atoms in total. The largest absolute Gasteiger partial charge is 0.378 e. The molecule has 0 aliphatic carbocycles. The second-order valence-electron chi connectivity index (χ2n) is 5.02. The molecule has 0 saturated carbocycles. The Bertz CT molecular complexity index is 425. The van der Waals surface area contributed by atoms with Crippen LogP contribution in [0.15, 0.2) is 0 Å². The number of rotatable bonds is 6. The van der Waals surface area contributed by atoms with Crippen molar-refractivity contribution in [1.29, 1.82) is 0 Å². The number of nitrogens with one attached hydrogen (secondary N) is 1. The molecule has 1 saturated heterocycles. The van der Waals surface area contributed by atoms with E-state index < -0.39 is 0 Å². The summed E-state index contributed by atoms with van der Waals surface area (Å²) in [4.78, 5) is 14.9. The van der Waals surface area contributed by atoms with E-state index in [9.17, 15) is 0 Å². The van der Waals surface area contributed by atoms with Crippen LogP contribution in [0.5, 0.6) is 0 Å². The quantitative estimate of drug-likeness (QED) is 0.870. The number of hydrogen-bond donors (Lipinski definition) is 1. The number of halogens is 1. The molecule has 1 fully saturated rings. The van der Waals surface area contributed by atoms with Gasteiger partial charge in [0, 0.05) is 19.1 Å². The summed E-state index contributed by atoms with van der Waals surface area (Å²) in [5, 5.41) is 3.52. The van der Waals surface area contributed by atoms with E-state index in [1.807, 2.05) is 0 Å². The Morgan fingerprint density at radius 2 is 2.05 bits per heavy atom. The van der Waals surface area contributed by atoms with Crippen LogP contribution in [0.3, 0.4) is 0 Å². The van der Waals surface area contributed by atoms with Gasteiger partial charge < -0.3 is 15.0 Å². The molecular weight excluding hydrogens is 278 g/mol. The lowest BCUT2D eigenvalue weighted by Gasteiger charge is -2.27. The van der Waals surface area contributed by atoms with Gasteiger partial charge in [-0.15, -0.1) is 0 Å². The fourth-order valence-corrected chi connectivity index (χ4v) is 2.27. The lowest BCUT2D eigenvalue weighted by molar-refractivity contribution is 0.122. The number of unbranched alkanes of at least 4 members (excludes halogenated alkanes) is 1. The van der Waals surface area contributed by atoms with Gasteiger partial charge in [0.1, 0.15) is 0 Å². The van der Waals surface area contributed by atoms with Gasteiger partial charge in [-0.3, -0.25) is 0 Å². The minimum absolute atomic E-state index is 0.228. The summed E-state index contributed by atoms with van der Waals surface area (Å²) in [6.07, 6.45) is 3.46. The van der Waals surface area contributed by atoms with Crippen LogP contribution in [0.4, 0.5) is 11.9 Å². The Balaban J connectivity index is 2.03. The van der Waals surface area contributed by atoms with E-state index in [1.54, 1.807) is 0 Å². The highest BCUT2D eigenvalue weighted by Crippen LogP contribution is 2.16. The van der Waals surface area contributed by atoms with Crippen molar-refractivity contribution in [2.45, 2.75) is 39.2 Å². The maximum absolute atomic E-state index is 6.00. The number of anilines is 2. The molecule has 2 heterocycles. The average molecular weight is 300 g/mol. The van der Waals surface area contributed by atoms with Crippen molar-refractivity contribution in [2.75, 3.05) is 36.5 Å². The summed E-state index contributed by atoms with van der Waals surface area (Å²) in [5.74, 6) is 1.17. The molecule has 20 heavy (non-hydrogen) atoms. The van der Waals surface area contributed by atoms with E-state index in [0.717, 1.165) is 19.5 Å². The molecule has 0 radical (unpaired) electrons. The zero-order chi connectivity index (χ0) is 14.4. The van der Waals surface area contributed by atoms with Crippen molar-refractivity contribution in [3.8, 4) is 0 Å². The van der Waals surface area contributed by atoms with Crippen LogP contribution in [0.2, 0.25) is 5.28 Å². The molecule has 2 rings (SSSR count). The SMILES string of the molecule is CCCCC(C)Nc1nc(Cl)nc(N2CCOCC2)n1. The molecule has 0 amide bonds. The van der Waals surface area contributed by atoms with Crippen molar-refractivity contribution in [2.24, 2.45) is 0 Å². The molecule has 0 spiro atoms. The second kappa shape index (κ2) is 7.59. The van der Waals surface area contributed by atoms with Gasteiger partial charge in [-0.25, -0.2) is 0 Å². The molecule has 0 aromatic carbocycles. The fourth-order valence-electron chi connectivity index (χ4n) is 2.11. The minimum Gasteiger partial charge on any atom is -0.378 e. The van der Waals surface area contributed by atoms with E-state index in [0.29, 0.717) is 31.2 Å². The van der Waals surface area contributed by atoms with E-state index >= 15 is 0 Å². The number of aromatic nitrogens is 3. The first-order valence-electron chi connectivity index (χ1n) is 7.20. The number of morpholine rings is 1. The summed E-state index contributed by atoms with van der Waals surface area (Å²) in [6.45, 7) is 7.26. The molecule has 1 aliphatic heterocycles. The first-order chi connectivity index (χ1) is 9.69. The van der Waals surface area contributed by atoms with Gasteiger partial charge in [0.05, 0.1) is 13.2 Å². The molecule has 1 aromatic heterocycles. The third-order valence-corrected chi connectivity index (χ3v) is 3.43. The zero-order valence-corrected chi connectivity index (χ0v) is 12.9. The maximum atomic E-state index is 6.00. The van der Waals surface area contributed by atoms with Crippen LogP contribution in [-0.2, 0) is 4.74 Å².